The van der Waals surface area contributed by atoms with E-state index < -0.39 is 40.4 Å². The van der Waals surface area contributed by atoms with Gasteiger partial charge in [0.05, 0.1) is 29.3 Å². The number of carbonyl (C=O) groups is 2. The molecule has 0 aliphatic carbocycles. The smallest absolute Gasteiger partial charge is 0.264 e. The molecule has 4 rings (SSSR count). The van der Waals surface area contributed by atoms with E-state index in [2.05, 4.69) is 17.2 Å². The molecule has 0 fully saturated rings. The molecule has 14 heteroatoms. The number of anilines is 1. The lowest BCUT2D eigenvalue weighted by Crippen LogP contribution is -2.50. The summed E-state index contributed by atoms with van der Waals surface area (Å²) >= 11 is 11.8. The molecule has 10 nitrogen and oxygen atoms in total. The Morgan fingerprint density at radius 2 is 1.81 bits per heavy atom. The normalized spacial score (nSPS) is 14.3. The van der Waals surface area contributed by atoms with E-state index in [9.17, 15) is 22.4 Å². The number of nitrogens with zero attached hydrogens (tertiary/aromatic N) is 1. The Balaban J connectivity index is 1.34. The fourth-order valence-corrected chi connectivity index (χ4v) is 5.68. The van der Waals surface area contributed by atoms with E-state index in [0.29, 0.717) is 16.5 Å². The van der Waals surface area contributed by atoms with E-state index in [4.69, 9.17) is 37.4 Å². The molecular formula is C28H26Cl2FN3O7S. The molecule has 1 atom stereocenters. The van der Waals surface area contributed by atoms with E-state index in [1.54, 1.807) is 0 Å². The molecule has 1 aliphatic heterocycles. The van der Waals surface area contributed by atoms with E-state index in [1.165, 1.54) is 61.7 Å². The van der Waals surface area contributed by atoms with Crippen LogP contribution in [-0.2, 0) is 19.6 Å². The second kappa shape index (κ2) is 13.3. The van der Waals surface area contributed by atoms with Gasteiger partial charge < -0.3 is 24.8 Å². The third kappa shape index (κ3) is 7.44. The fourth-order valence-electron chi connectivity index (χ4n) is 3.93. The van der Waals surface area contributed by atoms with Crippen LogP contribution >= 0.6 is 23.2 Å². The summed E-state index contributed by atoms with van der Waals surface area (Å²) in [6.07, 6.45) is -1.01. The summed E-state index contributed by atoms with van der Waals surface area (Å²) in [6.45, 7) is 3.12. The molecule has 0 spiro atoms. The number of methoxy groups -OCH3 is 1. The lowest BCUT2D eigenvalue weighted by molar-refractivity contribution is -0.127. The van der Waals surface area contributed by atoms with Crippen LogP contribution in [0.3, 0.4) is 0 Å². The number of carbonyl (C=O) groups excluding carboxylic acids is 2. The minimum absolute atomic E-state index is 0.00694. The van der Waals surface area contributed by atoms with Gasteiger partial charge >= 0.3 is 0 Å². The SMILES string of the molecule is C=C(CCNC(=O)C1CN(S(=O)(=O)c2ccc(OC)cc2)c2cc(Cl)ccc2O1)NC(=O)COc1ccc(Cl)c(F)c1. The first kappa shape index (κ1) is 30.9. The highest BCUT2D eigenvalue weighted by atomic mass is 35.5. The predicted octanol–water partition coefficient (Wildman–Crippen LogP) is 4.31. The number of sulfonamides is 1. The predicted molar refractivity (Wildman–Crippen MR) is 155 cm³/mol. The van der Waals surface area contributed by atoms with Crippen LogP contribution in [0.1, 0.15) is 6.42 Å². The van der Waals surface area contributed by atoms with Gasteiger partial charge in [-0.1, -0.05) is 29.8 Å². The average Bonchev–Trinajstić information content (AvgIpc) is 2.97. The topological polar surface area (TPSA) is 123 Å². The zero-order valence-electron chi connectivity index (χ0n) is 22.2. The number of hydrogen-bond donors (Lipinski definition) is 2. The van der Waals surface area contributed by atoms with E-state index in [0.717, 1.165) is 10.4 Å². The molecule has 222 valence electrons. The van der Waals surface area contributed by atoms with Crippen LogP contribution in [0.25, 0.3) is 0 Å². The number of hydrogen-bond acceptors (Lipinski definition) is 7. The molecular weight excluding hydrogens is 612 g/mol. The Kier molecular flexibility index (Phi) is 9.81. The van der Waals surface area contributed by atoms with Crippen LogP contribution in [0.5, 0.6) is 17.2 Å². The summed E-state index contributed by atoms with van der Waals surface area (Å²) in [7, 11) is -2.63. The standard InChI is InChI=1S/C28H26Cl2FN3O7S/c1-17(33-27(35)16-40-20-6-9-22(30)23(31)14-20)11-12-32-28(36)26-15-34(24-13-18(29)3-10-25(24)41-26)42(37,38)21-7-4-19(39-2)5-8-21/h3-10,13-14,26H,1,11-12,15-16H2,2H3,(H,32,36)(H,33,35). The molecule has 0 bridgehead atoms. The molecule has 3 aromatic rings. The van der Waals surface area contributed by atoms with Crippen molar-refractivity contribution in [3.8, 4) is 17.2 Å². The van der Waals surface area contributed by atoms with Gasteiger partial charge in [-0.3, -0.25) is 13.9 Å². The van der Waals surface area contributed by atoms with Crippen molar-refractivity contribution in [1.82, 2.24) is 10.6 Å². The summed E-state index contributed by atoms with van der Waals surface area (Å²) in [4.78, 5) is 25.1. The summed E-state index contributed by atoms with van der Waals surface area (Å²) in [5, 5.41) is 5.43. The molecule has 0 saturated carbocycles. The number of fused-ring (bicyclic) bond motifs is 1. The number of halogens is 3. The van der Waals surface area contributed by atoms with Crippen molar-refractivity contribution < 1.29 is 36.6 Å². The minimum atomic E-state index is -4.10. The van der Waals surface area contributed by atoms with Crippen LogP contribution < -0.4 is 29.1 Å². The first-order chi connectivity index (χ1) is 20.0. The first-order valence-corrected chi connectivity index (χ1v) is 14.6. The Bertz CT molecular complexity index is 1600. The Morgan fingerprint density at radius 3 is 2.50 bits per heavy atom. The van der Waals surface area contributed by atoms with Crippen LogP contribution in [-0.4, -0.2) is 53.1 Å². The zero-order valence-corrected chi connectivity index (χ0v) is 24.6. The van der Waals surface area contributed by atoms with Gasteiger partial charge in [0.2, 0.25) is 0 Å². The van der Waals surface area contributed by atoms with E-state index in [-0.39, 0.29) is 46.6 Å². The molecule has 0 radical (unpaired) electrons. The van der Waals surface area contributed by atoms with Gasteiger partial charge in [0, 0.05) is 29.8 Å². The Hall–Kier alpha value is -4.00. The summed E-state index contributed by atoms with van der Waals surface area (Å²) < 4.78 is 57.9. The molecule has 2 N–H and O–H groups in total. The van der Waals surface area contributed by atoms with Gasteiger partial charge in [-0.15, -0.1) is 0 Å². The molecule has 1 heterocycles. The second-order valence-corrected chi connectivity index (χ2v) is 11.7. The monoisotopic (exact) mass is 637 g/mol. The fraction of sp³-hybridized carbons (Fsp3) is 0.214. The minimum Gasteiger partial charge on any atom is -0.497 e. The van der Waals surface area contributed by atoms with Gasteiger partial charge in [-0.25, -0.2) is 12.8 Å². The maximum Gasteiger partial charge on any atom is 0.264 e. The lowest BCUT2D eigenvalue weighted by atomic mass is 10.2. The number of benzene rings is 3. The van der Waals surface area contributed by atoms with Crippen molar-refractivity contribution in [2.24, 2.45) is 0 Å². The van der Waals surface area contributed by atoms with Crippen LogP contribution in [0.4, 0.5) is 10.1 Å². The van der Waals surface area contributed by atoms with Gasteiger partial charge in [0.1, 0.15) is 23.1 Å². The Morgan fingerprint density at radius 1 is 1.10 bits per heavy atom. The van der Waals surface area contributed by atoms with E-state index >= 15 is 0 Å². The Labute approximate surface area is 252 Å². The second-order valence-electron chi connectivity index (χ2n) is 8.99. The molecule has 3 aromatic carbocycles. The van der Waals surface area contributed by atoms with E-state index in [1.807, 2.05) is 0 Å². The molecule has 1 aliphatic rings. The van der Waals surface area contributed by atoms with Crippen molar-refractivity contribution in [2.45, 2.75) is 17.4 Å². The largest absolute Gasteiger partial charge is 0.497 e. The summed E-state index contributed by atoms with van der Waals surface area (Å²) in [5.74, 6) is -1.00. The maximum absolute atomic E-state index is 13.6. The van der Waals surface area contributed by atoms with Crippen LogP contribution in [0.2, 0.25) is 10.0 Å². The van der Waals surface area contributed by atoms with Gasteiger partial charge in [-0.05, 0) is 54.6 Å². The van der Waals surface area contributed by atoms with Crippen molar-refractivity contribution in [3.05, 3.63) is 88.8 Å². The lowest BCUT2D eigenvalue weighted by Gasteiger charge is -2.35. The number of rotatable bonds is 11. The third-order valence-corrected chi connectivity index (χ3v) is 8.37. The average molecular weight is 639 g/mol. The highest BCUT2D eigenvalue weighted by molar-refractivity contribution is 7.92. The van der Waals surface area contributed by atoms with Crippen LogP contribution in [0, 0.1) is 5.82 Å². The van der Waals surface area contributed by atoms with Gasteiger partial charge in [0.15, 0.2) is 12.7 Å². The highest BCUT2D eigenvalue weighted by Crippen LogP contribution is 2.39. The highest BCUT2D eigenvalue weighted by Gasteiger charge is 2.37. The molecule has 0 aromatic heterocycles. The summed E-state index contributed by atoms with van der Waals surface area (Å²) in [5.41, 5.74) is 0.487. The zero-order chi connectivity index (χ0) is 30.4. The van der Waals surface area contributed by atoms with Crippen molar-refractivity contribution >= 4 is 50.7 Å². The molecule has 1 unspecified atom stereocenters. The molecule has 0 saturated heterocycles. The quantitative estimate of drug-likeness (QED) is 0.321. The maximum atomic E-state index is 13.6. The summed E-state index contributed by atoms with van der Waals surface area (Å²) in [6, 6.07) is 14.1. The van der Waals surface area contributed by atoms with Crippen molar-refractivity contribution in [1.29, 1.82) is 0 Å². The molecule has 2 amide bonds. The van der Waals surface area contributed by atoms with Gasteiger partial charge in [0.25, 0.3) is 21.8 Å². The molecule has 42 heavy (non-hydrogen) atoms. The number of amides is 2. The third-order valence-electron chi connectivity index (χ3n) is 6.03. The van der Waals surface area contributed by atoms with Gasteiger partial charge in [-0.2, -0.15) is 0 Å². The first-order valence-electron chi connectivity index (χ1n) is 12.4. The number of ether oxygens (including phenoxy) is 3. The number of nitrogens with one attached hydrogen (secondary N) is 2. The van der Waals surface area contributed by atoms with Crippen molar-refractivity contribution in [2.75, 3.05) is 31.1 Å². The van der Waals surface area contributed by atoms with Crippen LogP contribution in [0.15, 0.2) is 77.8 Å². The van der Waals surface area contributed by atoms with Crippen molar-refractivity contribution in [3.63, 3.8) is 0 Å².